The van der Waals surface area contributed by atoms with Crippen LogP contribution in [0.4, 0.5) is 15.8 Å². The van der Waals surface area contributed by atoms with Crippen molar-refractivity contribution in [3.05, 3.63) is 48.0 Å². The Morgan fingerprint density at radius 3 is 2.89 bits per heavy atom. The van der Waals surface area contributed by atoms with E-state index < -0.39 is 5.82 Å². The van der Waals surface area contributed by atoms with E-state index in [2.05, 4.69) is 5.32 Å². The third kappa shape index (κ3) is 2.34. The highest BCUT2D eigenvalue weighted by Gasteiger charge is 2.10. The van der Waals surface area contributed by atoms with Gasteiger partial charge in [0.2, 0.25) is 0 Å². The van der Waals surface area contributed by atoms with Crippen molar-refractivity contribution in [2.45, 2.75) is 13.5 Å². The summed E-state index contributed by atoms with van der Waals surface area (Å²) in [6, 6.07) is 7.63. The van der Waals surface area contributed by atoms with Crippen LogP contribution < -0.4 is 11.1 Å². The summed E-state index contributed by atoms with van der Waals surface area (Å²) >= 11 is 0. The van der Waals surface area contributed by atoms with Gasteiger partial charge in [0.25, 0.3) is 5.91 Å². The fraction of sp³-hybridized carbons (Fsp3) is 0.154. The van der Waals surface area contributed by atoms with Crippen molar-refractivity contribution in [2.75, 3.05) is 11.1 Å². The number of rotatable bonds is 3. The molecule has 1 heterocycles. The maximum Gasteiger partial charge on any atom is 0.272 e. The molecule has 0 saturated carbocycles. The van der Waals surface area contributed by atoms with E-state index in [0.717, 1.165) is 0 Å². The number of carbonyl (C=O) groups is 1. The fourth-order valence-corrected chi connectivity index (χ4v) is 1.71. The lowest BCUT2D eigenvalue weighted by atomic mass is 10.2. The molecule has 0 fully saturated rings. The van der Waals surface area contributed by atoms with Gasteiger partial charge in [0.15, 0.2) is 0 Å². The molecule has 1 amide bonds. The number of carbonyl (C=O) groups excluding carboxylic acids is 1. The second-order valence-corrected chi connectivity index (χ2v) is 3.87. The number of nitrogens with two attached hydrogens (primary N) is 1. The van der Waals surface area contributed by atoms with Gasteiger partial charge >= 0.3 is 0 Å². The normalized spacial score (nSPS) is 10.3. The molecule has 1 aromatic carbocycles. The number of halogens is 1. The highest BCUT2D eigenvalue weighted by Crippen LogP contribution is 2.17. The number of nitrogens with zero attached hydrogens (tertiary/aromatic N) is 1. The summed E-state index contributed by atoms with van der Waals surface area (Å²) in [6.07, 6.45) is 1.83. The van der Waals surface area contributed by atoms with Crippen molar-refractivity contribution in [3.63, 3.8) is 0 Å². The number of aryl methyl sites for hydroxylation is 1. The lowest BCUT2D eigenvalue weighted by molar-refractivity contribution is 0.101. The van der Waals surface area contributed by atoms with Crippen LogP contribution in [0.2, 0.25) is 0 Å². The van der Waals surface area contributed by atoms with Crippen LogP contribution in [0.25, 0.3) is 0 Å². The molecule has 0 atom stereocenters. The Labute approximate surface area is 104 Å². The molecule has 5 heteroatoms. The van der Waals surface area contributed by atoms with Crippen LogP contribution in [0, 0.1) is 5.82 Å². The number of nitrogen functional groups attached to an aromatic ring is 1. The molecule has 3 N–H and O–H groups in total. The second kappa shape index (κ2) is 4.91. The third-order valence-electron chi connectivity index (χ3n) is 2.66. The van der Waals surface area contributed by atoms with Crippen molar-refractivity contribution in [1.82, 2.24) is 4.57 Å². The van der Waals surface area contributed by atoms with E-state index in [1.165, 1.54) is 18.2 Å². The standard InChI is InChI=1S/C13H14FN3O/c1-2-17-7-3-4-12(17)13(18)16-9-5-6-10(14)11(15)8-9/h3-8H,2,15H2,1H3,(H,16,18). The topological polar surface area (TPSA) is 60.0 Å². The Hall–Kier alpha value is -2.30. The van der Waals surface area contributed by atoms with Crippen LogP contribution >= 0.6 is 0 Å². The summed E-state index contributed by atoms with van der Waals surface area (Å²) in [5.41, 5.74) is 6.48. The van der Waals surface area contributed by atoms with E-state index in [-0.39, 0.29) is 11.6 Å². The molecule has 0 aliphatic heterocycles. The average molecular weight is 247 g/mol. The van der Waals surface area contributed by atoms with Crippen molar-refractivity contribution >= 4 is 17.3 Å². The van der Waals surface area contributed by atoms with Crippen LogP contribution in [0.1, 0.15) is 17.4 Å². The summed E-state index contributed by atoms with van der Waals surface area (Å²) < 4.78 is 14.8. The predicted octanol–water partition coefficient (Wildman–Crippen LogP) is 2.48. The van der Waals surface area contributed by atoms with Gasteiger partial charge in [0.05, 0.1) is 5.69 Å². The summed E-state index contributed by atoms with van der Waals surface area (Å²) in [7, 11) is 0. The van der Waals surface area contributed by atoms with Gasteiger partial charge in [0.1, 0.15) is 11.5 Å². The van der Waals surface area contributed by atoms with E-state index in [4.69, 9.17) is 5.73 Å². The van der Waals surface area contributed by atoms with Crippen LogP contribution in [0.3, 0.4) is 0 Å². The van der Waals surface area contributed by atoms with Gasteiger partial charge in [0, 0.05) is 18.4 Å². The number of hydrogen-bond donors (Lipinski definition) is 2. The number of nitrogens with one attached hydrogen (secondary N) is 1. The van der Waals surface area contributed by atoms with Crippen LogP contribution in [-0.4, -0.2) is 10.5 Å². The first kappa shape index (κ1) is 12.2. The summed E-state index contributed by atoms with van der Waals surface area (Å²) in [4.78, 5) is 12.0. The first-order chi connectivity index (χ1) is 8.61. The number of hydrogen-bond acceptors (Lipinski definition) is 2. The van der Waals surface area contributed by atoms with E-state index in [9.17, 15) is 9.18 Å². The molecule has 18 heavy (non-hydrogen) atoms. The Kier molecular flexibility index (Phi) is 3.32. The number of anilines is 2. The molecular formula is C13H14FN3O. The molecule has 94 valence electrons. The maximum atomic E-state index is 13.0. The minimum atomic E-state index is -0.495. The Bertz CT molecular complexity index is 577. The van der Waals surface area contributed by atoms with Crippen LogP contribution in [0.15, 0.2) is 36.5 Å². The molecule has 0 saturated heterocycles. The third-order valence-corrected chi connectivity index (χ3v) is 2.66. The zero-order valence-corrected chi connectivity index (χ0v) is 9.98. The van der Waals surface area contributed by atoms with Gasteiger partial charge in [-0.2, -0.15) is 0 Å². The number of benzene rings is 1. The first-order valence-corrected chi connectivity index (χ1v) is 5.63. The minimum absolute atomic E-state index is 0.0127. The molecule has 0 bridgehead atoms. The molecule has 0 radical (unpaired) electrons. The van der Waals surface area contributed by atoms with Crippen molar-refractivity contribution in [3.8, 4) is 0 Å². The van der Waals surface area contributed by atoms with E-state index in [1.807, 2.05) is 17.7 Å². The molecule has 2 rings (SSSR count). The fourth-order valence-electron chi connectivity index (χ4n) is 1.71. The zero-order valence-electron chi connectivity index (χ0n) is 9.98. The maximum absolute atomic E-state index is 13.0. The summed E-state index contributed by atoms with van der Waals surface area (Å²) in [6.45, 7) is 2.66. The minimum Gasteiger partial charge on any atom is -0.396 e. The van der Waals surface area contributed by atoms with E-state index in [1.54, 1.807) is 12.1 Å². The highest BCUT2D eigenvalue weighted by atomic mass is 19.1. The smallest absolute Gasteiger partial charge is 0.272 e. The van der Waals surface area contributed by atoms with Crippen LogP contribution in [0.5, 0.6) is 0 Å². The summed E-state index contributed by atoms with van der Waals surface area (Å²) in [5, 5.41) is 2.68. The summed E-state index contributed by atoms with van der Waals surface area (Å²) in [5.74, 6) is -0.738. The molecule has 1 aromatic heterocycles. The van der Waals surface area contributed by atoms with E-state index >= 15 is 0 Å². The second-order valence-electron chi connectivity index (χ2n) is 3.87. The van der Waals surface area contributed by atoms with Gasteiger partial charge in [-0.3, -0.25) is 4.79 Å². The molecule has 0 aliphatic carbocycles. The molecule has 0 unspecified atom stereocenters. The Balaban J connectivity index is 2.19. The van der Waals surface area contributed by atoms with Crippen molar-refractivity contribution in [2.24, 2.45) is 0 Å². The van der Waals surface area contributed by atoms with Crippen LogP contribution in [-0.2, 0) is 6.54 Å². The largest absolute Gasteiger partial charge is 0.396 e. The monoisotopic (exact) mass is 247 g/mol. The lowest BCUT2D eigenvalue weighted by Gasteiger charge is -2.08. The average Bonchev–Trinajstić information content (AvgIpc) is 2.82. The molecule has 0 spiro atoms. The molecule has 2 aromatic rings. The van der Waals surface area contributed by atoms with E-state index in [0.29, 0.717) is 17.9 Å². The van der Waals surface area contributed by atoms with Gasteiger partial charge in [-0.05, 0) is 37.3 Å². The molecular weight excluding hydrogens is 233 g/mol. The molecule has 0 aliphatic rings. The number of amides is 1. The SMILES string of the molecule is CCn1cccc1C(=O)Nc1ccc(F)c(N)c1. The first-order valence-electron chi connectivity index (χ1n) is 5.63. The lowest BCUT2D eigenvalue weighted by Crippen LogP contribution is -2.16. The quantitative estimate of drug-likeness (QED) is 0.818. The van der Waals surface area contributed by atoms with Crippen molar-refractivity contribution < 1.29 is 9.18 Å². The zero-order chi connectivity index (χ0) is 13.1. The highest BCUT2D eigenvalue weighted by molar-refractivity contribution is 6.03. The number of aromatic nitrogens is 1. The predicted molar refractivity (Wildman–Crippen MR) is 68.9 cm³/mol. The van der Waals surface area contributed by atoms with Crippen molar-refractivity contribution in [1.29, 1.82) is 0 Å². The van der Waals surface area contributed by atoms with Gasteiger partial charge in [-0.1, -0.05) is 0 Å². The molecule has 4 nitrogen and oxygen atoms in total. The Morgan fingerprint density at radius 1 is 1.44 bits per heavy atom. The van der Waals surface area contributed by atoms with Gasteiger partial charge < -0.3 is 15.6 Å². The van der Waals surface area contributed by atoms with Gasteiger partial charge in [-0.25, -0.2) is 4.39 Å². The van der Waals surface area contributed by atoms with Gasteiger partial charge in [-0.15, -0.1) is 0 Å². The Morgan fingerprint density at radius 2 is 2.22 bits per heavy atom.